The van der Waals surface area contributed by atoms with Crippen LogP contribution in [0.5, 0.6) is 0 Å². The van der Waals surface area contributed by atoms with E-state index in [0.717, 1.165) is 36.1 Å². The van der Waals surface area contributed by atoms with E-state index in [9.17, 15) is 4.39 Å². The van der Waals surface area contributed by atoms with Crippen LogP contribution >= 0.6 is 23.5 Å². The number of halogens is 1. The molecular formula is C15H24FN3S2. The van der Waals surface area contributed by atoms with Crippen molar-refractivity contribution in [1.29, 1.82) is 0 Å². The Hall–Kier alpha value is -0.880. The molecule has 0 heterocycles. The molecule has 0 saturated heterocycles. The molecule has 0 aromatic heterocycles. The molecule has 0 bridgehead atoms. The summed E-state index contributed by atoms with van der Waals surface area (Å²) in [6.45, 7) is 1.78. The maximum absolute atomic E-state index is 12.8. The van der Waals surface area contributed by atoms with Crippen LogP contribution < -0.4 is 10.6 Å². The van der Waals surface area contributed by atoms with Crippen LogP contribution in [0.2, 0.25) is 0 Å². The second kappa shape index (κ2) is 11.7. The molecule has 1 aromatic rings. The van der Waals surface area contributed by atoms with Gasteiger partial charge in [0.1, 0.15) is 5.82 Å². The monoisotopic (exact) mass is 329 g/mol. The lowest BCUT2D eigenvalue weighted by Gasteiger charge is -2.11. The Morgan fingerprint density at radius 1 is 1.10 bits per heavy atom. The van der Waals surface area contributed by atoms with Gasteiger partial charge in [-0.25, -0.2) is 4.39 Å². The van der Waals surface area contributed by atoms with Crippen LogP contribution in [0.4, 0.5) is 4.39 Å². The zero-order valence-corrected chi connectivity index (χ0v) is 14.3. The average Bonchev–Trinajstić information content (AvgIpc) is 2.51. The molecule has 118 valence electrons. The Morgan fingerprint density at radius 3 is 2.48 bits per heavy atom. The van der Waals surface area contributed by atoms with Crippen LogP contribution in [0.3, 0.4) is 0 Å². The topological polar surface area (TPSA) is 36.4 Å². The molecule has 21 heavy (non-hydrogen) atoms. The van der Waals surface area contributed by atoms with Crippen molar-refractivity contribution >= 4 is 29.5 Å². The first-order chi connectivity index (χ1) is 10.3. The first-order valence-corrected chi connectivity index (χ1v) is 9.46. The predicted octanol–water partition coefficient (Wildman–Crippen LogP) is 3.23. The van der Waals surface area contributed by atoms with Crippen molar-refractivity contribution in [3.8, 4) is 0 Å². The number of rotatable bonds is 9. The molecule has 0 atom stereocenters. The molecule has 1 rings (SSSR count). The Bertz CT molecular complexity index is 410. The van der Waals surface area contributed by atoms with Gasteiger partial charge in [0.05, 0.1) is 0 Å². The highest BCUT2D eigenvalue weighted by molar-refractivity contribution is 7.99. The van der Waals surface area contributed by atoms with Gasteiger partial charge in [0.15, 0.2) is 5.96 Å². The smallest absolute Gasteiger partial charge is 0.191 e. The summed E-state index contributed by atoms with van der Waals surface area (Å²) in [7, 11) is 1.78. The van der Waals surface area contributed by atoms with Crippen molar-refractivity contribution in [1.82, 2.24) is 10.6 Å². The predicted molar refractivity (Wildman–Crippen MR) is 94.1 cm³/mol. The van der Waals surface area contributed by atoms with Crippen molar-refractivity contribution in [3.63, 3.8) is 0 Å². The highest BCUT2D eigenvalue weighted by atomic mass is 32.2. The third kappa shape index (κ3) is 8.88. The van der Waals surface area contributed by atoms with Gasteiger partial charge < -0.3 is 10.6 Å². The van der Waals surface area contributed by atoms with Gasteiger partial charge in [-0.1, -0.05) is 0 Å². The quantitative estimate of drug-likeness (QED) is 0.316. The first-order valence-electron chi connectivity index (χ1n) is 7.08. The summed E-state index contributed by atoms with van der Waals surface area (Å²) in [4.78, 5) is 5.27. The minimum Gasteiger partial charge on any atom is -0.356 e. The largest absolute Gasteiger partial charge is 0.356 e. The minimum atomic E-state index is -0.191. The Morgan fingerprint density at radius 2 is 1.81 bits per heavy atom. The van der Waals surface area contributed by atoms with Crippen molar-refractivity contribution in [2.75, 3.05) is 37.9 Å². The van der Waals surface area contributed by atoms with Crippen LogP contribution in [-0.4, -0.2) is 43.9 Å². The number of guanidine groups is 1. The molecule has 3 nitrogen and oxygen atoms in total. The normalized spacial score (nSPS) is 11.5. The molecule has 0 saturated carbocycles. The Kier molecular flexibility index (Phi) is 10.2. The molecule has 2 N–H and O–H groups in total. The van der Waals surface area contributed by atoms with E-state index in [1.165, 1.54) is 24.3 Å². The number of thioether (sulfide) groups is 2. The van der Waals surface area contributed by atoms with Gasteiger partial charge in [-0.05, 0) is 49.1 Å². The molecular weight excluding hydrogens is 305 g/mol. The third-order valence-corrected chi connectivity index (χ3v) is 4.48. The molecule has 0 aliphatic rings. The maximum atomic E-state index is 12.8. The zero-order chi connectivity index (χ0) is 15.3. The van der Waals surface area contributed by atoms with Crippen LogP contribution in [0.15, 0.2) is 34.2 Å². The van der Waals surface area contributed by atoms with E-state index < -0.39 is 0 Å². The summed E-state index contributed by atoms with van der Waals surface area (Å²) in [5, 5.41) is 6.59. The van der Waals surface area contributed by atoms with Gasteiger partial charge in [0.2, 0.25) is 0 Å². The summed E-state index contributed by atoms with van der Waals surface area (Å²) in [5.41, 5.74) is 0. The van der Waals surface area contributed by atoms with Crippen molar-refractivity contribution in [3.05, 3.63) is 30.1 Å². The molecule has 0 amide bonds. The van der Waals surface area contributed by atoms with Crippen molar-refractivity contribution < 1.29 is 4.39 Å². The fourth-order valence-corrected chi connectivity index (χ4v) is 2.93. The number of hydrogen-bond acceptors (Lipinski definition) is 3. The number of benzene rings is 1. The van der Waals surface area contributed by atoms with Gasteiger partial charge in [-0.2, -0.15) is 11.8 Å². The van der Waals surface area contributed by atoms with Crippen LogP contribution in [0.1, 0.15) is 12.8 Å². The number of unbranched alkanes of at least 4 members (excludes halogenated alkanes) is 1. The second-order valence-corrected chi connectivity index (χ2v) is 6.58. The first kappa shape index (κ1) is 18.2. The summed E-state index contributed by atoms with van der Waals surface area (Å²) < 4.78 is 12.8. The maximum Gasteiger partial charge on any atom is 0.191 e. The molecule has 0 spiro atoms. The molecule has 0 unspecified atom stereocenters. The lowest BCUT2D eigenvalue weighted by Crippen LogP contribution is -2.38. The molecule has 6 heteroatoms. The summed E-state index contributed by atoms with van der Waals surface area (Å²) in [5.74, 6) is 2.78. The van der Waals surface area contributed by atoms with E-state index in [1.54, 1.807) is 30.9 Å². The number of aliphatic imine (C=N–C) groups is 1. The fraction of sp³-hybridized carbons (Fsp3) is 0.533. The number of nitrogens with zero attached hydrogens (tertiary/aromatic N) is 1. The van der Waals surface area contributed by atoms with Crippen molar-refractivity contribution in [2.45, 2.75) is 17.7 Å². The van der Waals surface area contributed by atoms with Crippen LogP contribution in [0, 0.1) is 5.82 Å². The summed E-state index contributed by atoms with van der Waals surface area (Å²) >= 11 is 3.58. The van der Waals surface area contributed by atoms with Gasteiger partial charge in [-0.15, -0.1) is 11.8 Å². The van der Waals surface area contributed by atoms with Crippen LogP contribution in [0.25, 0.3) is 0 Å². The minimum absolute atomic E-state index is 0.191. The van der Waals surface area contributed by atoms with Crippen LogP contribution in [-0.2, 0) is 0 Å². The molecule has 0 aliphatic heterocycles. The highest BCUT2D eigenvalue weighted by Gasteiger charge is 1.98. The van der Waals surface area contributed by atoms with E-state index >= 15 is 0 Å². The van der Waals surface area contributed by atoms with E-state index in [2.05, 4.69) is 21.9 Å². The Balaban J connectivity index is 2.10. The van der Waals surface area contributed by atoms with Gasteiger partial charge in [0, 0.05) is 30.8 Å². The van der Waals surface area contributed by atoms with E-state index in [1.807, 2.05) is 11.8 Å². The molecule has 0 aliphatic carbocycles. The number of hydrogen-bond donors (Lipinski definition) is 2. The third-order valence-electron chi connectivity index (χ3n) is 2.77. The van der Waals surface area contributed by atoms with Gasteiger partial charge >= 0.3 is 0 Å². The lowest BCUT2D eigenvalue weighted by atomic mass is 10.3. The molecule has 0 fully saturated rings. The van der Waals surface area contributed by atoms with Gasteiger partial charge in [-0.3, -0.25) is 4.99 Å². The highest BCUT2D eigenvalue weighted by Crippen LogP contribution is 2.17. The standard InChI is InChI=1S/C15H24FN3S2/c1-17-15(18-9-3-4-11-20-2)19-10-12-21-14-7-5-13(16)6-8-14/h5-8H,3-4,9-12H2,1-2H3,(H2,17,18,19). The average molecular weight is 330 g/mol. The molecule has 1 aromatic carbocycles. The summed E-state index contributed by atoms with van der Waals surface area (Å²) in [6, 6.07) is 6.59. The number of nitrogens with one attached hydrogen (secondary N) is 2. The van der Waals surface area contributed by atoms with Crippen molar-refractivity contribution in [2.24, 2.45) is 4.99 Å². The lowest BCUT2D eigenvalue weighted by molar-refractivity contribution is 0.626. The SMILES string of the molecule is CN=C(NCCCCSC)NCCSc1ccc(F)cc1. The zero-order valence-electron chi connectivity index (χ0n) is 12.7. The fourth-order valence-electron chi connectivity index (χ4n) is 1.67. The Labute approximate surface area is 135 Å². The molecule has 0 radical (unpaired) electrons. The van der Waals surface area contributed by atoms with Gasteiger partial charge in [0.25, 0.3) is 0 Å². The summed E-state index contributed by atoms with van der Waals surface area (Å²) in [6.07, 6.45) is 4.52. The van der Waals surface area contributed by atoms with E-state index in [4.69, 9.17) is 0 Å². The van der Waals surface area contributed by atoms with E-state index in [0.29, 0.717) is 0 Å². The van der Waals surface area contributed by atoms with E-state index in [-0.39, 0.29) is 5.82 Å². The second-order valence-electron chi connectivity index (χ2n) is 4.43.